The molecule has 0 spiro atoms. The summed E-state index contributed by atoms with van der Waals surface area (Å²) in [6.07, 6.45) is 8.76. The Balaban J connectivity index is 1.30. The van der Waals surface area contributed by atoms with Crippen molar-refractivity contribution in [3.8, 4) is 0 Å². The third-order valence-electron chi connectivity index (χ3n) is 5.04. The molecule has 1 aromatic carbocycles. The largest absolute Gasteiger partial charge is 0.593 e. The molecule has 1 fully saturated rings. The van der Waals surface area contributed by atoms with E-state index in [4.69, 9.17) is 0 Å². The number of carbonyl (C=O) groups excluding carboxylic acids is 1. The van der Waals surface area contributed by atoms with Crippen LogP contribution in [0.4, 0.5) is 10.8 Å². The van der Waals surface area contributed by atoms with Gasteiger partial charge in [-0.05, 0) is 54.8 Å². The Morgan fingerprint density at radius 1 is 1.33 bits per heavy atom. The maximum atomic E-state index is 13.1. The van der Waals surface area contributed by atoms with Crippen molar-refractivity contribution in [2.75, 3.05) is 23.7 Å². The maximum absolute atomic E-state index is 13.1. The van der Waals surface area contributed by atoms with Crippen LogP contribution in [-0.2, 0) is 21.9 Å². The topological polar surface area (TPSA) is 93.2 Å². The van der Waals surface area contributed by atoms with Crippen molar-refractivity contribution in [3.05, 3.63) is 73.2 Å². The number of carbonyl (C=O) groups is 1. The fourth-order valence-corrected chi connectivity index (χ4v) is 6.57. The van der Waals surface area contributed by atoms with Gasteiger partial charge in [0.1, 0.15) is 0 Å². The Kier molecular flexibility index (Phi) is 8.40. The van der Waals surface area contributed by atoms with Crippen molar-refractivity contribution in [2.45, 2.75) is 33.7 Å². The molecule has 172 valence electrons. The summed E-state index contributed by atoms with van der Waals surface area (Å²) in [5.74, 6) is 0.594. The zero-order chi connectivity index (χ0) is 23.0. The number of thiazole rings is 1. The van der Waals surface area contributed by atoms with Gasteiger partial charge >= 0.3 is 0 Å². The summed E-state index contributed by atoms with van der Waals surface area (Å²) in [7, 11) is 0. The van der Waals surface area contributed by atoms with E-state index in [2.05, 4.69) is 33.2 Å². The first kappa shape index (κ1) is 23.8. The molecule has 2 N–H and O–H groups in total. The van der Waals surface area contributed by atoms with Crippen LogP contribution in [0.15, 0.2) is 76.7 Å². The van der Waals surface area contributed by atoms with E-state index in [0.717, 1.165) is 39.4 Å². The summed E-state index contributed by atoms with van der Waals surface area (Å²) in [5, 5.41) is 7.12. The molecule has 2 unspecified atom stereocenters. The normalized spacial score (nSPS) is 17.3. The lowest BCUT2D eigenvalue weighted by Crippen LogP contribution is -2.45. The first-order chi connectivity index (χ1) is 16.1. The first-order valence-electron chi connectivity index (χ1n) is 10.5. The molecule has 1 amide bonds. The van der Waals surface area contributed by atoms with Gasteiger partial charge in [0.05, 0.1) is 28.3 Å². The van der Waals surface area contributed by atoms with Crippen molar-refractivity contribution < 1.29 is 9.35 Å². The molecule has 1 aliphatic rings. The average Bonchev–Trinajstić information content (AvgIpc) is 3.30. The van der Waals surface area contributed by atoms with Crippen molar-refractivity contribution >= 4 is 51.2 Å². The zero-order valence-corrected chi connectivity index (χ0v) is 20.4. The molecule has 33 heavy (non-hydrogen) atoms. The molecule has 3 heterocycles. The van der Waals surface area contributed by atoms with Gasteiger partial charge in [-0.25, -0.2) is 4.98 Å². The summed E-state index contributed by atoms with van der Waals surface area (Å²) < 4.78 is 16.2. The van der Waals surface area contributed by atoms with Crippen LogP contribution in [0.1, 0.15) is 18.4 Å². The molecule has 0 aliphatic carbocycles. The van der Waals surface area contributed by atoms with Gasteiger partial charge in [0.2, 0.25) is 5.91 Å². The number of piperidine rings is 1. The SMILES string of the molecule is C=CC(=O)Nc1ccc([S+]([O-])N2CCCC(Nc3ncc(SCc4cccnc4)s3)C2)cc1. The van der Waals surface area contributed by atoms with E-state index >= 15 is 0 Å². The van der Waals surface area contributed by atoms with Crippen molar-refractivity contribution in [1.82, 2.24) is 14.3 Å². The molecule has 10 heteroatoms. The molecule has 4 rings (SSSR count). The lowest BCUT2D eigenvalue weighted by Gasteiger charge is -2.32. The van der Waals surface area contributed by atoms with Gasteiger partial charge in [0, 0.05) is 36.4 Å². The molecule has 3 aromatic rings. The summed E-state index contributed by atoms with van der Waals surface area (Å²) in [5.41, 5.74) is 1.84. The van der Waals surface area contributed by atoms with Gasteiger partial charge in [0.25, 0.3) is 0 Å². The second-order valence-corrected chi connectivity index (χ2v) is 11.3. The molecular weight excluding hydrogens is 474 g/mol. The van der Waals surface area contributed by atoms with Gasteiger partial charge < -0.3 is 15.2 Å². The first-order valence-corrected chi connectivity index (χ1v) is 13.5. The van der Waals surface area contributed by atoms with Crippen LogP contribution in [0, 0.1) is 0 Å². The third kappa shape index (κ3) is 6.81. The molecule has 0 bridgehead atoms. The highest BCUT2D eigenvalue weighted by atomic mass is 32.2. The molecule has 7 nitrogen and oxygen atoms in total. The summed E-state index contributed by atoms with van der Waals surface area (Å²) in [6.45, 7) is 4.90. The van der Waals surface area contributed by atoms with Crippen LogP contribution >= 0.6 is 23.1 Å². The third-order valence-corrected chi connectivity index (χ3v) is 8.71. The van der Waals surface area contributed by atoms with E-state index in [1.807, 2.05) is 22.8 Å². The number of thioether (sulfide) groups is 1. The quantitative estimate of drug-likeness (QED) is 0.253. The molecular formula is C23H25N5O2S3. The number of hydrogen-bond acceptors (Lipinski definition) is 8. The number of pyridine rings is 1. The van der Waals surface area contributed by atoms with Crippen LogP contribution < -0.4 is 10.6 Å². The van der Waals surface area contributed by atoms with Crippen LogP contribution in [-0.4, -0.2) is 43.9 Å². The summed E-state index contributed by atoms with van der Waals surface area (Å²) >= 11 is 2.14. The monoisotopic (exact) mass is 499 g/mol. The second kappa shape index (κ2) is 11.7. The molecule has 0 radical (unpaired) electrons. The van der Waals surface area contributed by atoms with Gasteiger partial charge in [-0.3, -0.25) is 9.78 Å². The van der Waals surface area contributed by atoms with Crippen LogP contribution in [0.25, 0.3) is 0 Å². The fraction of sp³-hybridized carbons (Fsp3) is 0.261. The number of aromatic nitrogens is 2. The Hall–Kier alpha value is -2.37. The fourth-order valence-electron chi connectivity index (χ4n) is 3.41. The minimum Gasteiger partial charge on any atom is -0.593 e. The van der Waals surface area contributed by atoms with Crippen LogP contribution in [0.5, 0.6) is 0 Å². The number of rotatable bonds is 9. The number of amides is 1. The van der Waals surface area contributed by atoms with E-state index in [1.54, 1.807) is 53.6 Å². The number of anilines is 2. The molecule has 1 aliphatic heterocycles. The van der Waals surface area contributed by atoms with Crippen molar-refractivity contribution in [2.24, 2.45) is 0 Å². The summed E-state index contributed by atoms with van der Waals surface area (Å²) in [4.78, 5) is 20.8. The van der Waals surface area contributed by atoms with Gasteiger partial charge in [-0.15, -0.1) is 16.1 Å². The number of hydrogen-bond donors (Lipinski definition) is 2. The van der Waals surface area contributed by atoms with Crippen molar-refractivity contribution in [1.29, 1.82) is 0 Å². The van der Waals surface area contributed by atoms with Gasteiger partial charge in [0.15, 0.2) is 10.0 Å². The molecule has 2 atom stereocenters. The molecule has 2 aromatic heterocycles. The minimum atomic E-state index is -1.26. The van der Waals surface area contributed by atoms with Crippen LogP contribution in [0.3, 0.4) is 0 Å². The van der Waals surface area contributed by atoms with Crippen LogP contribution in [0.2, 0.25) is 0 Å². The standard InChI is InChI=1S/C23H25N5O2S3/c1-2-21(29)26-18-7-9-20(10-8-18)33(30)28-12-4-6-19(15-28)27-23-25-14-22(32-23)31-16-17-5-3-11-24-13-17/h2-3,5,7-11,13-14,19H,1,4,6,12,15-16H2,(H,25,27)(H,26,29). The van der Waals surface area contributed by atoms with E-state index in [0.29, 0.717) is 12.2 Å². The second-order valence-electron chi connectivity index (χ2n) is 7.47. The van der Waals surface area contributed by atoms with Gasteiger partial charge in [-0.2, -0.15) is 0 Å². The summed E-state index contributed by atoms with van der Waals surface area (Å²) in [6, 6.07) is 11.3. The smallest absolute Gasteiger partial charge is 0.247 e. The number of nitrogens with zero attached hydrogens (tertiary/aromatic N) is 3. The molecule has 0 saturated carbocycles. The van der Waals surface area contributed by atoms with E-state index in [-0.39, 0.29) is 11.9 Å². The highest BCUT2D eigenvalue weighted by molar-refractivity contribution is 8.00. The highest BCUT2D eigenvalue weighted by Gasteiger charge is 2.30. The van der Waals surface area contributed by atoms with Crippen molar-refractivity contribution in [3.63, 3.8) is 0 Å². The Bertz CT molecular complexity index is 1060. The highest BCUT2D eigenvalue weighted by Crippen LogP contribution is 2.32. The Labute approximate surface area is 205 Å². The van der Waals surface area contributed by atoms with E-state index in [9.17, 15) is 9.35 Å². The zero-order valence-electron chi connectivity index (χ0n) is 18.0. The Morgan fingerprint density at radius 2 is 2.18 bits per heavy atom. The lowest BCUT2D eigenvalue weighted by atomic mass is 10.1. The van der Waals surface area contributed by atoms with Gasteiger partial charge in [-0.1, -0.05) is 24.0 Å². The van der Waals surface area contributed by atoms with E-state index in [1.165, 1.54) is 11.6 Å². The predicted octanol–water partition coefficient (Wildman–Crippen LogP) is 4.55. The number of benzene rings is 1. The molecule has 1 saturated heterocycles. The predicted molar refractivity (Wildman–Crippen MR) is 136 cm³/mol. The van der Waals surface area contributed by atoms with E-state index < -0.39 is 11.4 Å². The maximum Gasteiger partial charge on any atom is 0.247 e. The Morgan fingerprint density at radius 3 is 2.94 bits per heavy atom. The number of nitrogens with one attached hydrogen (secondary N) is 2. The average molecular weight is 500 g/mol. The minimum absolute atomic E-state index is 0.191. The lowest BCUT2D eigenvalue weighted by molar-refractivity contribution is -0.111.